The lowest BCUT2D eigenvalue weighted by molar-refractivity contribution is -0.0367. The second-order valence-corrected chi connectivity index (χ2v) is 10.8. The van der Waals surface area contributed by atoms with E-state index < -0.39 is 58.1 Å². The Morgan fingerprint density at radius 3 is 2.13 bits per heavy atom. The summed E-state index contributed by atoms with van der Waals surface area (Å²) in [5.74, 6) is 0. The van der Waals surface area contributed by atoms with Crippen LogP contribution in [0.5, 0.6) is 0 Å². The summed E-state index contributed by atoms with van der Waals surface area (Å²) in [5.41, 5.74) is 2.07. The predicted octanol–water partition coefficient (Wildman–Crippen LogP) is 5.13. The van der Waals surface area contributed by atoms with Crippen molar-refractivity contribution in [2.75, 3.05) is 19.9 Å². The van der Waals surface area contributed by atoms with Crippen LogP contribution >= 0.6 is 7.60 Å². The SMILES string of the molecule is Cc1nc(F)nn2c(CCCC(C)OCP(=O)(OCOC(=O)OC(C)C)OCOC(=O)OC(C)C)ccc12. The van der Waals surface area contributed by atoms with Crippen molar-refractivity contribution in [2.45, 2.75) is 79.1 Å². The Kier molecular flexibility index (Phi) is 12.4. The molecule has 0 radical (unpaired) electrons. The lowest BCUT2D eigenvalue weighted by atomic mass is 10.1. The molecule has 2 aromatic rings. The van der Waals surface area contributed by atoms with E-state index in [0.717, 1.165) is 11.2 Å². The first-order chi connectivity index (χ1) is 17.9. The molecule has 1 unspecified atom stereocenters. The molecule has 2 rings (SSSR count). The van der Waals surface area contributed by atoms with Crippen molar-refractivity contribution in [1.29, 1.82) is 0 Å². The fourth-order valence-electron chi connectivity index (χ4n) is 3.10. The molecule has 15 heteroatoms. The lowest BCUT2D eigenvalue weighted by Crippen LogP contribution is -2.18. The molecule has 2 heterocycles. The van der Waals surface area contributed by atoms with Crippen LogP contribution in [0.25, 0.3) is 5.52 Å². The molecule has 38 heavy (non-hydrogen) atoms. The Hall–Kier alpha value is -2.80. The van der Waals surface area contributed by atoms with Crippen LogP contribution in [0.2, 0.25) is 0 Å². The van der Waals surface area contributed by atoms with Crippen LogP contribution in [-0.2, 0) is 43.7 Å². The van der Waals surface area contributed by atoms with Gasteiger partial charge in [-0.1, -0.05) is 0 Å². The molecule has 0 saturated heterocycles. The van der Waals surface area contributed by atoms with Crippen LogP contribution in [0.15, 0.2) is 12.1 Å². The Morgan fingerprint density at radius 2 is 1.58 bits per heavy atom. The first-order valence-corrected chi connectivity index (χ1v) is 13.8. The molecule has 0 bridgehead atoms. The van der Waals surface area contributed by atoms with Crippen molar-refractivity contribution < 1.29 is 51.3 Å². The van der Waals surface area contributed by atoms with E-state index in [1.807, 2.05) is 12.1 Å². The van der Waals surface area contributed by atoms with Crippen molar-refractivity contribution in [3.05, 3.63) is 29.6 Å². The largest absolute Gasteiger partial charge is 0.510 e. The molecular weight excluding hydrogens is 528 g/mol. The Bertz CT molecular complexity index is 1080. The zero-order valence-corrected chi connectivity index (χ0v) is 23.3. The quantitative estimate of drug-likeness (QED) is 0.161. The number of carbonyl (C=O) groups excluding carboxylic acids is 2. The first-order valence-electron chi connectivity index (χ1n) is 12.1. The summed E-state index contributed by atoms with van der Waals surface area (Å²) in [6, 6.07) is 3.68. The van der Waals surface area contributed by atoms with E-state index in [2.05, 4.69) is 10.1 Å². The predicted molar refractivity (Wildman–Crippen MR) is 131 cm³/mol. The Morgan fingerprint density at radius 1 is 1.00 bits per heavy atom. The molecule has 0 aliphatic carbocycles. The number of carbonyl (C=O) groups is 2. The number of nitrogens with zero attached hydrogens (tertiary/aromatic N) is 3. The first kappa shape index (κ1) is 31.4. The third-order valence-corrected chi connectivity index (χ3v) is 6.29. The number of halogens is 1. The minimum Gasteiger partial charge on any atom is -0.432 e. The molecule has 0 fully saturated rings. The van der Waals surface area contributed by atoms with Gasteiger partial charge in [-0.3, -0.25) is 13.6 Å². The maximum atomic E-state index is 13.6. The van der Waals surface area contributed by atoms with Crippen LogP contribution in [0.4, 0.5) is 14.0 Å². The zero-order valence-electron chi connectivity index (χ0n) is 22.4. The maximum Gasteiger partial charge on any atom is 0.510 e. The van der Waals surface area contributed by atoms with Crippen molar-refractivity contribution in [1.82, 2.24) is 14.6 Å². The van der Waals surface area contributed by atoms with Gasteiger partial charge < -0.3 is 23.7 Å². The number of fused-ring (bicyclic) bond motifs is 1. The average Bonchev–Trinajstić information content (AvgIpc) is 3.20. The number of hydrogen-bond acceptors (Lipinski definition) is 12. The van der Waals surface area contributed by atoms with E-state index in [1.165, 1.54) is 4.52 Å². The van der Waals surface area contributed by atoms with Crippen LogP contribution in [-0.4, -0.2) is 65.2 Å². The minimum atomic E-state index is -4.03. The molecule has 0 aromatic carbocycles. The number of rotatable bonds is 15. The lowest BCUT2D eigenvalue weighted by Gasteiger charge is -2.21. The highest BCUT2D eigenvalue weighted by Crippen LogP contribution is 2.48. The monoisotopic (exact) mass is 563 g/mol. The molecule has 0 amide bonds. The van der Waals surface area contributed by atoms with E-state index in [4.69, 9.17) is 32.7 Å². The van der Waals surface area contributed by atoms with Gasteiger partial charge >= 0.3 is 26.0 Å². The second-order valence-electron chi connectivity index (χ2n) is 8.81. The second kappa shape index (κ2) is 15.0. The molecule has 0 aliphatic heterocycles. The minimum absolute atomic E-state index is 0.381. The molecule has 0 N–H and O–H groups in total. The van der Waals surface area contributed by atoms with Crippen LogP contribution < -0.4 is 0 Å². The molecule has 1 atom stereocenters. The van der Waals surface area contributed by atoms with Gasteiger partial charge in [0.05, 0.1) is 29.5 Å². The summed E-state index contributed by atoms with van der Waals surface area (Å²) in [6.45, 7) is 8.51. The molecular formula is C23H35FN3O10P. The number of aryl methyl sites for hydroxylation is 2. The summed E-state index contributed by atoms with van der Waals surface area (Å²) in [7, 11) is -4.03. The fraction of sp³-hybridized carbons (Fsp3) is 0.652. The zero-order chi connectivity index (χ0) is 28.3. The van der Waals surface area contributed by atoms with Gasteiger partial charge in [-0.05, 0) is 72.9 Å². The van der Waals surface area contributed by atoms with Gasteiger partial charge in [0, 0.05) is 5.69 Å². The average molecular weight is 564 g/mol. The number of ether oxygens (including phenoxy) is 5. The molecule has 13 nitrogen and oxygen atoms in total. The van der Waals surface area contributed by atoms with Crippen molar-refractivity contribution in [3.63, 3.8) is 0 Å². The van der Waals surface area contributed by atoms with Gasteiger partial charge in [-0.2, -0.15) is 4.39 Å². The van der Waals surface area contributed by atoms with Gasteiger partial charge in [0.15, 0.2) is 0 Å². The summed E-state index contributed by atoms with van der Waals surface area (Å²) in [6.07, 6.45) is -2.79. The Labute approximate surface area is 220 Å². The van der Waals surface area contributed by atoms with Crippen molar-refractivity contribution in [3.8, 4) is 0 Å². The highest BCUT2D eigenvalue weighted by molar-refractivity contribution is 7.53. The Balaban J connectivity index is 1.87. The van der Waals surface area contributed by atoms with E-state index in [-0.39, 0.29) is 6.10 Å². The highest BCUT2D eigenvalue weighted by Gasteiger charge is 2.28. The molecule has 2 aromatic heterocycles. The van der Waals surface area contributed by atoms with Crippen LogP contribution in [0.3, 0.4) is 0 Å². The van der Waals surface area contributed by atoms with Crippen LogP contribution in [0, 0.1) is 13.0 Å². The van der Waals surface area contributed by atoms with Gasteiger partial charge in [-0.25, -0.2) is 19.1 Å². The number of aromatic nitrogens is 3. The smallest absolute Gasteiger partial charge is 0.432 e. The maximum absolute atomic E-state index is 13.6. The summed E-state index contributed by atoms with van der Waals surface area (Å²) in [4.78, 5) is 26.8. The molecule has 0 saturated carbocycles. The third-order valence-electron chi connectivity index (χ3n) is 4.82. The van der Waals surface area contributed by atoms with Gasteiger partial charge in [0.2, 0.25) is 13.6 Å². The highest BCUT2D eigenvalue weighted by atomic mass is 31.2. The van der Waals surface area contributed by atoms with Crippen molar-refractivity contribution in [2.24, 2.45) is 0 Å². The fourth-order valence-corrected chi connectivity index (χ4v) is 4.19. The topological polar surface area (TPSA) is 146 Å². The summed E-state index contributed by atoms with van der Waals surface area (Å²) in [5, 5.41) is 3.82. The van der Waals surface area contributed by atoms with Crippen LogP contribution in [0.1, 0.15) is 58.8 Å². The van der Waals surface area contributed by atoms with E-state index in [1.54, 1.807) is 41.5 Å². The molecule has 0 spiro atoms. The van der Waals surface area contributed by atoms with Gasteiger partial charge in [-0.15, -0.1) is 5.10 Å². The molecule has 0 aliphatic rings. The molecule has 214 valence electrons. The standard InChI is InChI=1S/C23H35FN3O10P/c1-15(2)36-22(28)31-12-34-38(30,35-13-32-23(29)37-16(3)4)14-33-17(5)8-7-9-19-10-11-20-18(6)25-21(24)26-27(19)20/h10-11,15-17H,7-9,12-14H2,1-6H3. The normalized spacial score (nSPS) is 12.7. The summed E-state index contributed by atoms with van der Waals surface area (Å²) >= 11 is 0. The van der Waals surface area contributed by atoms with Gasteiger partial charge in [0.25, 0.3) is 0 Å². The number of hydrogen-bond donors (Lipinski definition) is 0. The van der Waals surface area contributed by atoms with E-state index in [0.29, 0.717) is 25.0 Å². The van der Waals surface area contributed by atoms with Crippen molar-refractivity contribution >= 4 is 25.4 Å². The third kappa shape index (κ3) is 10.9. The van der Waals surface area contributed by atoms with E-state index in [9.17, 15) is 18.5 Å². The summed E-state index contributed by atoms with van der Waals surface area (Å²) < 4.78 is 63.2. The van der Waals surface area contributed by atoms with Gasteiger partial charge in [0.1, 0.15) is 6.35 Å². The van der Waals surface area contributed by atoms with E-state index >= 15 is 0 Å².